The van der Waals surface area contributed by atoms with Crippen LogP contribution in [-0.2, 0) is 13.8 Å². The molecule has 1 fully saturated rings. The molecule has 1 amide bonds. The Morgan fingerprint density at radius 3 is 2.68 bits per heavy atom. The fraction of sp³-hybridized carbons (Fsp3) is 0.364. The van der Waals surface area contributed by atoms with Gasteiger partial charge >= 0.3 is 0 Å². The van der Waals surface area contributed by atoms with Crippen LogP contribution < -0.4 is 4.90 Å². The molecule has 2 rings (SSSR count). The van der Waals surface area contributed by atoms with Crippen molar-refractivity contribution < 1.29 is 17.6 Å². The highest BCUT2D eigenvalue weighted by Crippen LogP contribution is 2.34. The molecule has 1 heterocycles. The van der Waals surface area contributed by atoms with E-state index in [9.17, 15) is 17.6 Å². The van der Waals surface area contributed by atoms with E-state index in [1.165, 1.54) is 23.1 Å². The summed E-state index contributed by atoms with van der Waals surface area (Å²) in [7, 11) is 1.47. The summed E-state index contributed by atoms with van der Waals surface area (Å²) >= 11 is 5.88. The average molecular weight is 326 g/mol. The highest BCUT2D eigenvalue weighted by Gasteiger charge is 2.35. The zero-order chi connectivity index (χ0) is 14.2. The van der Waals surface area contributed by atoms with Crippen LogP contribution in [0, 0.1) is 11.7 Å². The number of amides is 1. The van der Waals surface area contributed by atoms with Gasteiger partial charge in [0.05, 0.1) is 16.5 Å². The maximum absolute atomic E-state index is 13.7. The SMILES string of the molecule is O=C1CC(CS(=O)(=O)Cl)CN1c1c(F)cccc1Cl. The first kappa shape index (κ1) is 14.6. The summed E-state index contributed by atoms with van der Waals surface area (Å²) in [4.78, 5) is 13.0. The van der Waals surface area contributed by atoms with Crippen molar-refractivity contribution in [2.75, 3.05) is 17.2 Å². The normalized spacial score (nSPS) is 20.1. The fourth-order valence-corrected chi connectivity index (χ4v) is 3.72. The molecule has 1 aliphatic heterocycles. The molecular weight excluding hydrogens is 316 g/mol. The van der Waals surface area contributed by atoms with E-state index in [1.807, 2.05) is 0 Å². The lowest BCUT2D eigenvalue weighted by Crippen LogP contribution is -2.26. The summed E-state index contributed by atoms with van der Waals surface area (Å²) < 4.78 is 35.7. The molecule has 1 unspecified atom stereocenters. The van der Waals surface area contributed by atoms with E-state index < -0.39 is 20.8 Å². The molecule has 1 aromatic rings. The Kier molecular flexibility index (Phi) is 4.03. The molecule has 0 N–H and O–H groups in total. The third-order valence-corrected chi connectivity index (χ3v) is 4.40. The van der Waals surface area contributed by atoms with Gasteiger partial charge in [-0.2, -0.15) is 0 Å². The molecule has 1 saturated heterocycles. The third-order valence-electron chi connectivity index (χ3n) is 2.85. The van der Waals surface area contributed by atoms with Gasteiger partial charge in [-0.05, 0) is 12.1 Å². The van der Waals surface area contributed by atoms with Gasteiger partial charge in [0.1, 0.15) is 5.82 Å². The number of carbonyl (C=O) groups is 1. The molecule has 19 heavy (non-hydrogen) atoms. The molecule has 1 aliphatic rings. The topological polar surface area (TPSA) is 54.5 Å². The lowest BCUT2D eigenvalue weighted by atomic mass is 10.1. The zero-order valence-corrected chi connectivity index (χ0v) is 12.0. The van der Waals surface area contributed by atoms with Crippen LogP contribution in [0.4, 0.5) is 10.1 Å². The van der Waals surface area contributed by atoms with Gasteiger partial charge in [-0.3, -0.25) is 4.79 Å². The van der Waals surface area contributed by atoms with E-state index in [1.54, 1.807) is 0 Å². The van der Waals surface area contributed by atoms with Gasteiger partial charge in [0.15, 0.2) is 0 Å². The van der Waals surface area contributed by atoms with Crippen molar-refractivity contribution in [3.63, 3.8) is 0 Å². The van der Waals surface area contributed by atoms with Crippen LogP contribution in [0.25, 0.3) is 0 Å². The second kappa shape index (κ2) is 5.26. The molecule has 0 aliphatic carbocycles. The molecule has 1 aromatic carbocycles. The monoisotopic (exact) mass is 325 g/mol. The average Bonchev–Trinajstić information content (AvgIpc) is 2.56. The van der Waals surface area contributed by atoms with Crippen molar-refractivity contribution in [2.45, 2.75) is 6.42 Å². The Hall–Kier alpha value is -0.850. The Balaban J connectivity index is 2.26. The first-order chi connectivity index (χ1) is 8.78. The van der Waals surface area contributed by atoms with Crippen LogP contribution in [0.15, 0.2) is 18.2 Å². The lowest BCUT2D eigenvalue weighted by Gasteiger charge is -2.18. The van der Waals surface area contributed by atoms with Gasteiger partial charge in [0.2, 0.25) is 15.0 Å². The Morgan fingerprint density at radius 2 is 2.11 bits per heavy atom. The third kappa shape index (κ3) is 3.38. The quantitative estimate of drug-likeness (QED) is 0.802. The highest BCUT2D eigenvalue weighted by molar-refractivity contribution is 8.13. The van der Waals surface area contributed by atoms with Crippen molar-refractivity contribution in [1.82, 2.24) is 0 Å². The van der Waals surface area contributed by atoms with E-state index in [0.29, 0.717) is 0 Å². The summed E-state index contributed by atoms with van der Waals surface area (Å²) in [5.74, 6) is -1.75. The summed E-state index contributed by atoms with van der Waals surface area (Å²) in [5.41, 5.74) is -0.0105. The highest BCUT2D eigenvalue weighted by atomic mass is 35.7. The minimum Gasteiger partial charge on any atom is -0.308 e. The summed E-state index contributed by atoms with van der Waals surface area (Å²) in [6.07, 6.45) is 0.0105. The van der Waals surface area contributed by atoms with E-state index in [2.05, 4.69) is 0 Å². The number of rotatable bonds is 3. The predicted molar refractivity (Wildman–Crippen MR) is 71.5 cm³/mol. The lowest BCUT2D eigenvalue weighted by molar-refractivity contribution is -0.117. The van der Waals surface area contributed by atoms with Crippen molar-refractivity contribution >= 4 is 42.9 Å². The van der Waals surface area contributed by atoms with Crippen molar-refractivity contribution in [2.24, 2.45) is 5.92 Å². The largest absolute Gasteiger partial charge is 0.308 e. The number of hydrogen-bond acceptors (Lipinski definition) is 3. The van der Waals surface area contributed by atoms with Crippen LogP contribution >= 0.6 is 22.3 Å². The van der Waals surface area contributed by atoms with Gasteiger partial charge in [-0.1, -0.05) is 17.7 Å². The van der Waals surface area contributed by atoms with Crippen LogP contribution in [0.5, 0.6) is 0 Å². The molecule has 1 atom stereocenters. The van der Waals surface area contributed by atoms with Gasteiger partial charge in [-0.15, -0.1) is 0 Å². The smallest absolute Gasteiger partial charge is 0.232 e. The van der Waals surface area contributed by atoms with E-state index in [4.69, 9.17) is 22.3 Å². The van der Waals surface area contributed by atoms with Gasteiger partial charge in [0.25, 0.3) is 0 Å². The van der Waals surface area contributed by atoms with Crippen molar-refractivity contribution in [3.05, 3.63) is 29.0 Å². The summed E-state index contributed by atoms with van der Waals surface area (Å²) in [6, 6.07) is 4.10. The Morgan fingerprint density at radius 1 is 1.42 bits per heavy atom. The standard InChI is InChI=1S/C11H10Cl2FNO3S/c12-8-2-1-3-9(14)11(8)15-5-7(4-10(15)16)6-19(13,17)18/h1-3,7H,4-6H2. The number of nitrogens with zero attached hydrogens (tertiary/aromatic N) is 1. The predicted octanol–water partition coefficient (Wildman–Crippen LogP) is 2.40. The van der Waals surface area contributed by atoms with Gasteiger partial charge in [0, 0.05) is 29.6 Å². The van der Waals surface area contributed by atoms with Crippen LogP contribution in [-0.4, -0.2) is 26.6 Å². The number of para-hydroxylation sites is 1. The molecule has 104 valence electrons. The van der Waals surface area contributed by atoms with Crippen LogP contribution in [0.2, 0.25) is 5.02 Å². The van der Waals surface area contributed by atoms with Gasteiger partial charge < -0.3 is 4.90 Å². The Labute approximate surface area is 119 Å². The van der Waals surface area contributed by atoms with Crippen LogP contribution in [0.1, 0.15) is 6.42 Å². The summed E-state index contributed by atoms with van der Waals surface area (Å²) in [5, 5.41) is 0.114. The molecule has 0 radical (unpaired) electrons. The molecule has 0 spiro atoms. The molecular formula is C11H10Cl2FNO3S. The van der Waals surface area contributed by atoms with Crippen LogP contribution in [0.3, 0.4) is 0 Å². The molecule has 0 saturated carbocycles. The number of benzene rings is 1. The van der Waals surface area contributed by atoms with E-state index in [0.717, 1.165) is 0 Å². The number of anilines is 1. The maximum atomic E-state index is 13.7. The second-order valence-electron chi connectivity index (χ2n) is 4.35. The van der Waals surface area contributed by atoms with Crippen molar-refractivity contribution in [1.29, 1.82) is 0 Å². The molecule has 4 nitrogen and oxygen atoms in total. The Bertz CT molecular complexity index is 600. The number of hydrogen-bond donors (Lipinski definition) is 0. The number of carbonyl (C=O) groups excluding carboxylic acids is 1. The van der Waals surface area contributed by atoms with Gasteiger partial charge in [-0.25, -0.2) is 12.8 Å². The maximum Gasteiger partial charge on any atom is 0.232 e. The summed E-state index contributed by atoms with van der Waals surface area (Å²) in [6.45, 7) is 0.0887. The minimum absolute atomic E-state index is 0.0105. The molecule has 0 bridgehead atoms. The fourth-order valence-electron chi connectivity index (χ4n) is 2.14. The molecule has 8 heteroatoms. The second-order valence-corrected chi connectivity index (χ2v) is 7.58. The molecule has 0 aromatic heterocycles. The van der Waals surface area contributed by atoms with E-state index >= 15 is 0 Å². The van der Waals surface area contributed by atoms with E-state index in [-0.39, 0.29) is 35.3 Å². The minimum atomic E-state index is -3.69. The number of halogens is 3. The first-order valence-electron chi connectivity index (χ1n) is 5.44. The van der Waals surface area contributed by atoms with Crippen molar-refractivity contribution in [3.8, 4) is 0 Å². The first-order valence-corrected chi connectivity index (χ1v) is 8.30. The zero-order valence-electron chi connectivity index (χ0n) is 9.64.